The minimum Gasteiger partial charge on any atom is -0.353 e. The Hall–Kier alpha value is -3.54. The van der Waals surface area contributed by atoms with Crippen molar-refractivity contribution < 1.29 is 9.18 Å². The molecule has 5 rings (SSSR count). The number of piperazine rings is 1. The molecule has 1 fully saturated rings. The first kappa shape index (κ1) is 17.6. The van der Waals surface area contributed by atoms with Crippen LogP contribution in [0.4, 0.5) is 10.2 Å². The summed E-state index contributed by atoms with van der Waals surface area (Å²) in [5.41, 5.74) is 1.37. The van der Waals surface area contributed by atoms with Gasteiger partial charge in [-0.05, 0) is 35.0 Å². The predicted octanol–water partition coefficient (Wildman–Crippen LogP) is 3.88. The van der Waals surface area contributed by atoms with Crippen molar-refractivity contribution in [3.05, 3.63) is 78.4 Å². The molecule has 0 bridgehead atoms. The Kier molecular flexibility index (Phi) is 4.31. The van der Waals surface area contributed by atoms with Crippen LogP contribution in [0.15, 0.2) is 67.0 Å². The molecule has 5 nitrogen and oxygen atoms in total. The Morgan fingerprint density at radius 1 is 0.897 bits per heavy atom. The Morgan fingerprint density at radius 2 is 1.69 bits per heavy atom. The first-order valence-corrected chi connectivity index (χ1v) is 9.63. The number of benzene rings is 2. The number of fused-ring (bicyclic) bond motifs is 3. The zero-order valence-electron chi connectivity index (χ0n) is 15.8. The fraction of sp³-hybridized carbons (Fsp3) is 0.174. The van der Waals surface area contributed by atoms with Crippen LogP contribution in [0, 0.1) is 5.82 Å². The number of amides is 1. The molecule has 1 amide bonds. The highest BCUT2D eigenvalue weighted by Crippen LogP contribution is 2.28. The van der Waals surface area contributed by atoms with Crippen LogP contribution in [-0.2, 0) is 0 Å². The van der Waals surface area contributed by atoms with Crippen molar-refractivity contribution in [2.24, 2.45) is 0 Å². The van der Waals surface area contributed by atoms with E-state index >= 15 is 0 Å². The van der Waals surface area contributed by atoms with E-state index in [1.165, 1.54) is 12.3 Å². The van der Waals surface area contributed by atoms with E-state index < -0.39 is 0 Å². The topological polar surface area (TPSA) is 49.3 Å². The fourth-order valence-corrected chi connectivity index (χ4v) is 3.96. The molecule has 1 saturated heterocycles. The van der Waals surface area contributed by atoms with Gasteiger partial charge in [0.05, 0.1) is 17.3 Å². The van der Waals surface area contributed by atoms with E-state index in [4.69, 9.17) is 0 Å². The number of carbonyl (C=O) groups excluding carboxylic acids is 1. The quantitative estimate of drug-likeness (QED) is 0.491. The third-order valence-corrected chi connectivity index (χ3v) is 5.45. The van der Waals surface area contributed by atoms with E-state index in [1.807, 2.05) is 41.3 Å². The van der Waals surface area contributed by atoms with Crippen molar-refractivity contribution >= 4 is 33.4 Å². The fourth-order valence-electron chi connectivity index (χ4n) is 3.96. The van der Waals surface area contributed by atoms with Crippen LogP contribution in [0.1, 0.15) is 10.4 Å². The van der Waals surface area contributed by atoms with Gasteiger partial charge in [-0.15, -0.1) is 0 Å². The van der Waals surface area contributed by atoms with Gasteiger partial charge in [-0.1, -0.05) is 30.3 Å². The number of nitrogens with zero attached hydrogens (tertiary/aromatic N) is 4. The molecule has 2 aromatic carbocycles. The lowest BCUT2D eigenvalue weighted by Gasteiger charge is -2.35. The standard InChI is InChI=1S/C23H19FN4O/c24-17-7-8-21(26-15-17)27-10-12-28(13-11-27)23(29)20-14-16-4-1-2-5-18(16)19-6-3-9-25-22(19)20/h1-9,14-15H,10-13H2. The summed E-state index contributed by atoms with van der Waals surface area (Å²) in [5, 5.41) is 3.12. The van der Waals surface area contributed by atoms with Crippen LogP contribution in [0.3, 0.4) is 0 Å². The second-order valence-electron chi connectivity index (χ2n) is 7.16. The molecule has 1 aliphatic heterocycles. The molecular weight excluding hydrogens is 367 g/mol. The summed E-state index contributed by atoms with van der Waals surface area (Å²) < 4.78 is 13.1. The Bertz CT molecular complexity index is 1200. The monoisotopic (exact) mass is 386 g/mol. The largest absolute Gasteiger partial charge is 0.353 e. The summed E-state index contributed by atoms with van der Waals surface area (Å²) >= 11 is 0. The van der Waals surface area contributed by atoms with Crippen LogP contribution >= 0.6 is 0 Å². The van der Waals surface area contributed by atoms with Crippen molar-refractivity contribution in [3.8, 4) is 0 Å². The molecule has 0 N–H and O–H groups in total. The lowest BCUT2D eigenvalue weighted by atomic mass is 10.00. The SMILES string of the molecule is O=C(c1cc2ccccc2c2cccnc12)N1CCN(c2ccc(F)cn2)CC1. The highest BCUT2D eigenvalue weighted by Gasteiger charge is 2.25. The van der Waals surface area contributed by atoms with Crippen molar-refractivity contribution in [2.75, 3.05) is 31.1 Å². The molecule has 0 atom stereocenters. The zero-order valence-corrected chi connectivity index (χ0v) is 15.8. The summed E-state index contributed by atoms with van der Waals surface area (Å²) in [7, 11) is 0. The zero-order chi connectivity index (χ0) is 19.8. The lowest BCUT2D eigenvalue weighted by molar-refractivity contribution is 0.0748. The molecule has 0 radical (unpaired) electrons. The Labute approximate surface area is 167 Å². The number of hydrogen-bond acceptors (Lipinski definition) is 4. The van der Waals surface area contributed by atoms with Crippen LogP contribution in [0.5, 0.6) is 0 Å². The van der Waals surface area contributed by atoms with E-state index in [2.05, 4.69) is 20.9 Å². The molecule has 2 aromatic heterocycles. The average Bonchev–Trinajstić information content (AvgIpc) is 2.79. The maximum atomic E-state index is 13.3. The minimum atomic E-state index is -0.349. The van der Waals surface area contributed by atoms with E-state index in [0.717, 1.165) is 27.5 Å². The summed E-state index contributed by atoms with van der Waals surface area (Å²) in [6.45, 7) is 2.48. The third kappa shape index (κ3) is 3.16. The Balaban J connectivity index is 1.44. The summed E-state index contributed by atoms with van der Waals surface area (Å²) in [4.78, 5) is 25.9. The predicted molar refractivity (Wildman–Crippen MR) is 112 cm³/mol. The second kappa shape index (κ2) is 7.13. The van der Waals surface area contributed by atoms with Gasteiger partial charge in [0, 0.05) is 37.8 Å². The molecule has 4 aromatic rings. The van der Waals surface area contributed by atoms with Gasteiger partial charge >= 0.3 is 0 Å². The number of pyridine rings is 2. The number of aromatic nitrogens is 2. The first-order valence-electron chi connectivity index (χ1n) is 9.63. The van der Waals surface area contributed by atoms with Gasteiger partial charge in [0.1, 0.15) is 11.6 Å². The van der Waals surface area contributed by atoms with E-state index in [9.17, 15) is 9.18 Å². The van der Waals surface area contributed by atoms with E-state index in [-0.39, 0.29) is 11.7 Å². The Morgan fingerprint density at radius 3 is 2.48 bits per heavy atom. The maximum Gasteiger partial charge on any atom is 0.256 e. The molecule has 0 aliphatic carbocycles. The van der Waals surface area contributed by atoms with Gasteiger partial charge in [0.2, 0.25) is 0 Å². The molecular formula is C23H19FN4O. The van der Waals surface area contributed by atoms with Gasteiger partial charge in [-0.3, -0.25) is 9.78 Å². The van der Waals surface area contributed by atoms with E-state index in [0.29, 0.717) is 31.7 Å². The maximum absolute atomic E-state index is 13.3. The minimum absolute atomic E-state index is 0.00818. The summed E-state index contributed by atoms with van der Waals surface area (Å²) in [6, 6.07) is 17.0. The number of rotatable bonds is 2. The van der Waals surface area contributed by atoms with E-state index in [1.54, 1.807) is 12.3 Å². The van der Waals surface area contributed by atoms with Gasteiger partial charge in [-0.25, -0.2) is 9.37 Å². The number of hydrogen-bond donors (Lipinski definition) is 0. The molecule has 0 spiro atoms. The highest BCUT2D eigenvalue weighted by atomic mass is 19.1. The van der Waals surface area contributed by atoms with Crippen molar-refractivity contribution in [1.29, 1.82) is 0 Å². The third-order valence-electron chi connectivity index (χ3n) is 5.45. The smallest absolute Gasteiger partial charge is 0.256 e. The van der Waals surface area contributed by atoms with Gasteiger partial charge in [-0.2, -0.15) is 0 Å². The molecule has 3 heterocycles. The van der Waals surface area contributed by atoms with Crippen LogP contribution in [0.2, 0.25) is 0 Å². The first-order chi connectivity index (χ1) is 14.2. The molecule has 6 heteroatoms. The van der Waals surface area contributed by atoms with Crippen molar-refractivity contribution in [1.82, 2.24) is 14.9 Å². The summed E-state index contributed by atoms with van der Waals surface area (Å²) in [6.07, 6.45) is 2.95. The van der Waals surface area contributed by atoms with Crippen molar-refractivity contribution in [3.63, 3.8) is 0 Å². The molecule has 1 aliphatic rings. The summed E-state index contributed by atoms with van der Waals surface area (Å²) in [5.74, 6) is 0.376. The lowest BCUT2D eigenvalue weighted by Crippen LogP contribution is -2.49. The van der Waals surface area contributed by atoms with Crippen LogP contribution < -0.4 is 4.90 Å². The van der Waals surface area contributed by atoms with Gasteiger partial charge < -0.3 is 9.80 Å². The number of anilines is 1. The molecule has 0 unspecified atom stereocenters. The van der Waals surface area contributed by atoms with Crippen molar-refractivity contribution in [2.45, 2.75) is 0 Å². The highest BCUT2D eigenvalue weighted by molar-refractivity contribution is 6.15. The van der Waals surface area contributed by atoms with Crippen LogP contribution in [0.25, 0.3) is 21.7 Å². The second-order valence-corrected chi connectivity index (χ2v) is 7.16. The number of carbonyl (C=O) groups is 1. The van der Waals surface area contributed by atoms with Gasteiger partial charge in [0.15, 0.2) is 0 Å². The van der Waals surface area contributed by atoms with Gasteiger partial charge in [0.25, 0.3) is 5.91 Å². The number of halogens is 1. The molecule has 144 valence electrons. The average molecular weight is 386 g/mol. The normalized spacial score (nSPS) is 14.5. The van der Waals surface area contributed by atoms with Crippen LogP contribution in [-0.4, -0.2) is 47.0 Å². The molecule has 0 saturated carbocycles. The molecule has 29 heavy (non-hydrogen) atoms.